The Morgan fingerprint density at radius 1 is 1.09 bits per heavy atom. The summed E-state index contributed by atoms with van der Waals surface area (Å²) >= 11 is 0. The van der Waals surface area contributed by atoms with Crippen molar-refractivity contribution in [1.82, 2.24) is 0 Å². The second-order valence-electron chi connectivity index (χ2n) is 5.72. The van der Waals surface area contributed by atoms with Crippen molar-refractivity contribution >= 4 is 11.9 Å². The van der Waals surface area contributed by atoms with Gasteiger partial charge >= 0.3 is 11.9 Å². The van der Waals surface area contributed by atoms with E-state index < -0.39 is 48.4 Å². The molecule has 126 valence electrons. The van der Waals surface area contributed by atoms with Crippen molar-refractivity contribution in [1.29, 1.82) is 0 Å². The van der Waals surface area contributed by atoms with E-state index in [0.717, 1.165) is 0 Å². The van der Waals surface area contributed by atoms with Gasteiger partial charge in [0.2, 0.25) is 0 Å². The molecule has 5 atom stereocenters. The highest BCUT2D eigenvalue weighted by Crippen LogP contribution is 2.38. The van der Waals surface area contributed by atoms with Crippen LogP contribution in [0.3, 0.4) is 0 Å². The molecule has 0 amide bonds. The van der Waals surface area contributed by atoms with Crippen LogP contribution in [-0.2, 0) is 38.0 Å². The van der Waals surface area contributed by atoms with E-state index >= 15 is 0 Å². The standard InChI is InChI=1S/C14H22O8/c1-7(15)18-6-9-10(19-8(2)16)11-12(13(17-5)20-9)22-14(3,4)21-11/h9-13H,6H2,1-5H3/t9?,10-,11?,12?,13+/m0/s1. The lowest BCUT2D eigenvalue weighted by atomic mass is 9.99. The van der Waals surface area contributed by atoms with Crippen molar-refractivity contribution in [3.63, 3.8) is 0 Å². The van der Waals surface area contributed by atoms with E-state index in [1.54, 1.807) is 13.8 Å². The van der Waals surface area contributed by atoms with Gasteiger partial charge in [-0.2, -0.15) is 0 Å². The first-order chi connectivity index (χ1) is 10.2. The summed E-state index contributed by atoms with van der Waals surface area (Å²) in [5.74, 6) is -1.79. The smallest absolute Gasteiger partial charge is 0.303 e. The van der Waals surface area contributed by atoms with Crippen LogP contribution in [0.25, 0.3) is 0 Å². The fourth-order valence-electron chi connectivity index (χ4n) is 2.68. The van der Waals surface area contributed by atoms with E-state index in [1.165, 1.54) is 21.0 Å². The van der Waals surface area contributed by atoms with E-state index in [-0.39, 0.29) is 6.61 Å². The average molecular weight is 318 g/mol. The van der Waals surface area contributed by atoms with Crippen LogP contribution in [0.1, 0.15) is 27.7 Å². The Hall–Kier alpha value is -1.22. The quantitative estimate of drug-likeness (QED) is 0.687. The maximum Gasteiger partial charge on any atom is 0.303 e. The summed E-state index contributed by atoms with van der Waals surface area (Å²) < 4.78 is 32.9. The van der Waals surface area contributed by atoms with Gasteiger partial charge in [0, 0.05) is 21.0 Å². The van der Waals surface area contributed by atoms with Gasteiger partial charge < -0.3 is 28.4 Å². The predicted molar refractivity (Wildman–Crippen MR) is 71.7 cm³/mol. The third kappa shape index (κ3) is 3.75. The second-order valence-corrected chi connectivity index (χ2v) is 5.72. The minimum absolute atomic E-state index is 0.0693. The van der Waals surface area contributed by atoms with Crippen LogP contribution in [0.4, 0.5) is 0 Å². The van der Waals surface area contributed by atoms with Crippen LogP contribution < -0.4 is 0 Å². The Morgan fingerprint density at radius 3 is 2.27 bits per heavy atom. The number of esters is 2. The van der Waals surface area contributed by atoms with Gasteiger partial charge in [0.15, 0.2) is 18.2 Å². The fraction of sp³-hybridized carbons (Fsp3) is 0.857. The molecule has 8 heteroatoms. The minimum atomic E-state index is -0.857. The summed E-state index contributed by atoms with van der Waals surface area (Å²) in [7, 11) is 1.48. The van der Waals surface area contributed by atoms with Crippen molar-refractivity contribution in [3.05, 3.63) is 0 Å². The number of hydrogen-bond donors (Lipinski definition) is 0. The maximum atomic E-state index is 11.4. The second kappa shape index (κ2) is 6.49. The van der Waals surface area contributed by atoms with Gasteiger partial charge in [-0.25, -0.2) is 0 Å². The summed E-state index contributed by atoms with van der Waals surface area (Å²) in [6.45, 7) is 6.02. The minimum Gasteiger partial charge on any atom is -0.463 e. The number of carbonyl (C=O) groups is 2. The third-order valence-corrected chi connectivity index (χ3v) is 3.42. The molecular formula is C14H22O8. The molecule has 3 unspecified atom stereocenters. The van der Waals surface area contributed by atoms with Crippen LogP contribution >= 0.6 is 0 Å². The molecule has 0 aromatic carbocycles. The Labute approximate surface area is 128 Å². The first-order valence-corrected chi connectivity index (χ1v) is 7.08. The summed E-state index contributed by atoms with van der Waals surface area (Å²) in [6.07, 6.45) is -3.28. The van der Waals surface area contributed by atoms with Crippen molar-refractivity contribution in [2.45, 2.75) is 64.2 Å². The summed E-state index contributed by atoms with van der Waals surface area (Å²) in [5.41, 5.74) is 0. The van der Waals surface area contributed by atoms with Crippen LogP contribution in [0.2, 0.25) is 0 Å². The van der Waals surface area contributed by atoms with Crippen LogP contribution in [0.5, 0.6) is 0 Å². The van der Waals surface area contributed by atoms with E-state index in [4.69, 9.17) is 28.4 Å². The fourth-order valence-corrected chi connectivity index (χ4v) is 2.68. The highest BCUT2D eigenvalue weighted by atomic mass is 16.8. The number of methoxy groups -OCH3 is 1. The molecule has 0 radical (unpaired) electrons. The monoisotopic (exact) mass is 318 g/mol. The average Bonchev–Trinajstić information content (AvgIpc) is 2.72. The molecule has 2 aliphatic heterocycles. The third-order valence-electron chi connectivity index (χ3n) is 3.42. The largest absolute Gasteiger partial charge is 0.463 e. The lowest BCUT2D eigenvalue weighted by Gasteiger charge is -2.40. The van der Waals surface area contributed by atoms with Crippen molar-refractivity contribution in [2.24, 2.45) is 0 Å². The van der Waals surface area contributed by atoms with E-state index in [9.17, 15) is 9.59 Å². The van der Waals surface area contributed by atoms with Gasteiger partial charge in [-0.1, -0.05) is 0 Å². The summed E-state index contributed by atoms with van der Waals surface area (Å²) in [6, 6.07) is 0. The normalized spacial score (nSPS) is 36.5. The maximum absolute atomic E-state index is 11.4. The molecule has 0 aliphatic carbocycles. The topological polar surface area (TPSA) is 89.5 Å². The highest BCUT2D eigenvalue weighted by molar-refractivity contribution is 5.66. The lowest BCUT2D eigenvalue weighted by molar-refractivity contribution is -0.276. The lowest BCUT2D eigenvalue weighted by Crippen LogP contribution is -2.59. The zero-order chi connectivity index (χ0) is 16.5. The first kappa shape index (κ1) is 17.1. The van der Waals surface area contributed by atoms with Gasteiger partial charge in [0.05, 0.1) is 0 Å². The predicted octanol–water partition coefficient (Wildman–Crippen LogP) is 0.373. The zero-order valence-corrected chi connectivity index (χ0v) is 13.4. The molecule has 8 nitrogen and oxygen atoms in total. The molecule has 0 aromatic heterocycles. The molecule has 0 aromatic rings. The molecule has 0 saturated carbocycles. The Kier molecular flexibility index (Phi) is 5.06. The molecular weight excluding hydrogens is 296 g/mol. The first-order valence-electron chi connectivity index (χ1n) is 7.08. The van der Waals surface area contributed by atoms with Gasteiger partial charge in [-0.05, 0) is 13.8 Å². The van der Waals surface area contributed by atoms with Gasteiger partial charge in [0.25, 0.3) is 0 Å². The number of fused-ring (bicyclic) bond motifs is 1. The van der Waals surface area contributed by atoms with Crippen LogP contribution in [0, 0.1) is 0 Å². The Balaban J connectivity index is 2.21. The molecule has 0 N–H and O–H groups in total. The molecule has 2 fully saturated rings. The number of ether oxygens (including phenoxy) is 6. The van der Waals surface area contributed by atoms with Crippen LogP contribution in [0.15, 0.2) is 0 Å². The molecule has 2 rings (SSSR count). The molecule has 22 heavy (non-hydrogen) atoms. The van der Waals surface area contributed by atoms with E-state index in [1.807, 2.05) is 0 Å². The summed E-state index contributed by atoms with van der Waals surface area (Å²) in [4.78, 5) is 22.4. The Bertz CT molecular complexity index is 435. The summed E-state index contributed by atoms with van der Waals surface area (Å²) in [5, 5.41) is 0. The number of carbonyl (C=O) groups excluding carboxylic acids is 2. The molecule has 2 aliphatic rings. The van der Waals surface area contributed by atoms with Gasteiger partial charge in [-0.3, -0.25) is 9.59 Å². The molecule has 0 spiro atoms. The zero-order valence-electron chi connectivity index (χ0n) is 13.4. The van der Waals surface area contributed by atoms with E-state index in [0.29, 0.717) is 0 Å². The van der Waals surface area contributed by atoms with Crippen LogP contribution in [-0.4, -0.2) is 62.1 Å². The van der Waals surface area contributed by atoms with Gasteiger partial charge in [0.1, 0.15) is 24.9 Å². The highest BCUT2D eigenvalue weighted by Gasteiger charge is 2.57. The van der Waals surface area contributed by atoms with Gasteiger partial charge in [-0.15, -0.1) is 0 Å². The van der Waals surface area contributed by atoms with E-state index in [2.05, 4.69) is 0 Å². The van der Waals surface area contributed by atoms with Crippen molar-refractivity contribution in [2.75, 3.05) is 13.7 Å². The van der Waals surface area contributed by atoms with Crippen molar-refractivity contribution < 1.29 is 38.0 Å². The number of rotatable bonds is 4. The molecule has 2 saturated heterocycles. The number of hydrogen-bond acceptors (Lipinski definition) is 8. The molecule has 2 heterocycles. The molecule has 0 bridgehead atoms. The van der Waals surface area contributed by atoms with Crippen molar-refractivity contribution in [3.8, 4) is 0 Å². The Morgan fingerprint density at radius 2 is 1.73 bits per heavy atom. The SMILES string of the molecule is CO[C@@H]1OC(COC(C)=O)[C@H](OC(C)=O)C2OC(C)(C)OC21.